The molecule has 0 rings (SSSR count). The molecule has 0 amide bonds. The lowest BCUT2D eigenvalue weighted by molar-refractivity contribution is -0.117. The highest BCUT2D eigenvalue weighted by Crippen LogP contribution is 2.27. The third kappa shape index (κ3) is 6.43. The third-order valence-corrected chi connectivity index (χ3v) is 2.70. The van der Waals surface area contributed by atoms with Crippen LogP contribution in [-0.2, 0) is 9.59 Å². The first-order chi connectivity index (χ1) is 7.01. The van der Waals surface area contributed by atoms with E-state index in [0.29, 0.717) is 24.2 Å². The number of rotatable bonds is 8. The van der Waals surface area contributed by atoms with Crippen molar-refractivity contribution in [3.8, 4) is 0 Å². The fourth-order valence-corrected chi connectivity index (χ4v) is 2.13. The third-order valence-electron chi connectivity index (χ3n) is 2.70. The average molecular weight is 212 g/mol. The summed E-state index contributed by atoms with van der Waals surface area (Å²) in [4.78, 5) is 21.4. The van der Waals surface area contributed by atoms with Crippen LogP contribution < -0.4 is 0 Å². The van der Waals surface area contributed by atoms with Crippen LogP contribution in [0.3, 0.4) is 0 Å². The molecule has 0 saturated heterocycles. The molecule has 0 aromatic heterocycles. The van der Waals surface area contributed by atoms with Crippen LogP contribution in [0.4, 0.5) is 0 Å². The summed E-state index contributed by atoms with van der Waals surface area (Å²) in [6, 6.07) is 0. The maximum absolute atomic E-state index is 10.9. The van der Waals surface area contributed by atoms with Gasteiger partial charge in [-0.05, 0) is 30.6 Å². The first kappa shape index (κ1) is 14.3. The Kier molecular flexibility index (Phi) is 7.27. The number of aldehydes is 2. The van der Waals surface area contributed by atoms with Crippen LogP contribution in [0.25, 0.3) is 0 Å². The maximum Gasteiger partial charge on any atom is 0.123 e. The van der Waals surface area contributed by atoms with Gasteiger partial charge >= 0.3 is 0 Å². The minimum absolute atomic E-state index is 0.0766. The van der Waals surface area contributed by atoms with Crippen molar-refractivity contribution >= 4 is 12.6 Å². The van der Waals surface area contributed by atoms with Crippen molar-refractivity contribution in [2.75, 3.05) is 0 Å². The minimum atomic E-state index is -0.0766. The summed E-state index contributed by atoms with van der Waals surface area (Å²) >= 11 is 0. The van der Waals surface area contributed by atoms with Crippen molar-refractivity contribution in [3.05, 3.63) is 0 Å². The van der Waals surface area contributed by atoms with E-state index in [2.05, 4.69) is 27.7 Å². The van der Waals surface area contributed by atoms with Crippen LogP contribution >= 0.6 is 0 Å². The summed E-state index contributed by atoms with van der Waals surface area (Å²) in [5.41, 5.74) is 0. The molecule has 0 aromatic rings. The Bertz CT molecular complexity index is 175. The summed E-state index contributed by atoms with van der Waals surface area (Å²) in [6.07, 6.45) is 4.29. The molecule has 2 nitrogen and oxygen atoms in total. The average Bonchev–Trinajstić information content (AvgIpc) is 2.11. The zero-order valence-electron chi connectivity index (χ0n) is 10.4. The van der Waals surface area contributed by atoms with Gasteiger partial charge in [-0.15, -0.1) is 0 Å². The second-order valence-corrected chi connectivity index (χ2v) is 5.22. The Morgan fingerprint density at radius 1 is 0.933 bits per heavy atom. The Morgan fingerprint density at radius 3 is 1.67 bits per heavy atom. The highest BCUT2D eigenvalue weighted by Gasteiger charge is 2.22. The van der Waals surface area contributed by atoms with Crippen molar-refractivity contribution in [3.63, 3.8) is 0 Å². The van der Waals surface area contributed by atoms with Gasteiger partial charge in [-0.25, -0.2) is 0 Å². The zero-order valence-corrected chi connectivity index (χ0v) is 10.4. The number of hydrogen-bond acceptors (Lipinski definition) is 2. The van der Waals surface area contributed by atoms with Gasteiger partial charge in [0.1, 0.15) is 12.6 Å². The Labute approximate surface area is 93.4 Å². The molecular formula is C13H24O2. The molecule has 0 saturated carbocycles. The Balaban J connectivity index is 4.41. The molecule has 0 spiro atoms. The van der Waals surface area contributed by atoms with E-state index in [1.54, 1.807) is 0 Å². The van der Waals surface area contributed by atoms with E-state index in [4.69, 9.17) is 0 Å². The van der Waals surface area contributed by atoms with Crippen LogP contribution in [0.15, 0.2) is 0 Å². The fraction of sp³-hybridized carbons (Fsp3) is 0.846. The molecular weight excluding hydrogens is 188 g/mol. The predicted molar refractivity (Wildman–Crippen MR) is 62.6 cm³/mol. The standard InChI is InChI=1S/C13H24O2/c1-10(2)7-13(8-11(3)4)12(9-15)5-6-14/h6,9-13H,5,7-8H2,1-4H3. The first-order valence-corrected chi connectivity index (χ1v) is 5.90. The quantitative estimate of drug-likeness (QED) is 0.579. The summed E-state index contributed by atoms with van der Waals surface area (Å²) < 4.78 is 0. The summed E-state index contributed by atoms with van der Waals surface area (Å²) in [7, 11) is 0. The second-order valence-electron chi connectivity index (χ2n) is 5.22. The largest absolute Gasteiger partial charge is 0.303 e. The number of hydrogen-bond donors (Lipinski definition) is 0. The van der Waals surface area contributed by atoms with Gasteiger partial charge in [0.2, 0.25) is 0 Å². The van der Waals surface area contributed by atoms with E-state index in [0.717, 1.165) is 25.4 Å². The van der Waals surface area contributed by atoms with Crippen molar-refractivity contribution in [2.24, 2.45) is 23.7 Å². The Morgan fingerprint density at radius 2 is 1.40 bits per heavy atom. The first-order valence-electron chi connectivity index (χ1n) is 5.90. The normalized spacial score (nSPS) is 13.5. The zero-order chi connectivity index (χ0) is 11.8. The van der Waals surface area contributed by atoms with Crippen LogP contribution in [0, 0.1) is 23.7 Å². The molecule has 0 N–H and O–H groups in total. The molecule has 0 aliphatic rings. The number of carbonyl (C=O) groups is 2. The molecule has 1 unspecified atom stereocenters. The van der Waals surface area contributed by atoms with Gasteiger partial charge in [-0.2, -0.15) is 0 Å². The minimum Gasteiger partial charge on any atom is -0.303 e. The van der Waals surface area contributed by atoms with E-state index in [1.165, 1.54) is 0 Å². The summed E-state index contributed by atoms with van der Waals surface area (Å²) in [5.74, 6) is 1.46. The smallest absolute Gasteiger partial charge is 0.123 e. The van der Waals surface area contributed by atoms with Gasteiger partial charge in [0, 0.05) is 12.3 Å². The number of carbonyl (C=O) groups excluding carboxylic acids is 2. The monoisotopic (exact) mass is 212 g/mol. The molecule has 0 heterocycles. The molecule has 88 valence electrons. The molecule has 2 heteroatoms. The van der Waals surface area contributed by atoms with Crippen molar-refractivity contribution in [1.29, 1.82) is 0 Å². The van der Waals surface area contributed by atoms with Crippen LogP contribution in [0.5, 0.6) is 0 Å². The molecule has 0 aliphatic heterocycles. The van der Waals surface area contributed by atoms with E-state index in [1.807, 2.05) is 0 Å². The predicted octanol–water partition coefficient (Wildman–Crippen LogP) is 3.10. The highest BCUT2D eigenvalue weighted by molar-refractivity contribution is 5.62. The molecule has 1 atom stereocenters. The molecule has 0 aromatic carbocycles. The highest BCUT2D eigenvalue weighted by atomic mass is 16.1. The van der Waals surface area contributed by atoms with Crippen molar-refractivity contribution in [2.45, 2.75) is 47.0 Å². The van der Waals surface area contributed by atoms with Gasteiger partial charge in [-0.1, -0.05) is 27.7 Å². The van der Waals surface area contributed by atoms with Gasteiger partial charge < -0.3 is 9.59 Å². The van der Waals surface area contributed by atoms with E-state index >= 15 is 0 Å². The van der Waals surface area contributed by atoms with Crippen molar-refractivity contribution in [1.82, 2.24) is 0 Å². The van der Waals surface area contributed by atoms with Gasteiger partial charge in [0.25, 0.3) is 0 Å². The van der Waals surface area contributed by atoms with E-state index < -0.39 is 0 Å². The Hall–Kier alpha value is -0.660. The molecule has 0 radical (unpaired) electrons. The van der Waals surface area contributed by atoms with Gasteiger partial charge in [-0.3, -0.25) is 0 Å². The lowest BCUT2D eigenvalue weighted by atomic mass is 9.79. The second kappa shape index (κ2) is 7.61. The summed E-state index contributed by atoms with van der Waals surface area (Å²) in [6.45, 7) is 8.65. The van der Waals surface area contributed by atoms with E-state index in [9.17, 15) is 9.59 Å². The topological polar surface area (TPSA) is 34.1 Å². The van der Waals surface area contributed by atoms with Gasteiger partial charge in [0.05, 0.1) is 0 Å². The molecule has 0 bridgehead atoms. The van der Waals surface area contributed by atoms with Crippen LogP contribution in [0.2, 0.25) is 0 Å². The van der Waals surface area contributed by atoms with Crippen LogP contribution in [0.1, 0.15) is 47.0 Å². The molecule has 15 heavy (non-hydrogen) atoms. The molecule has 0 fully saturated rings. The lowest BCUT2D eigenvalue weighted by Crippen LogP contribution is -2.20. The lowest BCUT2D eigenvalue weighted by Gasteiger charge is -2.25. The van der Waals surface area contributed by atoms with Crippen molar-refractivity contribution < 1.29 is 9.59 Å². The SMILES string of the molecule is CC(C)CC(CC(C)C)C(C=O)CC=O. The molecule has 0 aliphatic carbocycles. The maximum atomic E-state index is 10.9. The van der Waals surface area contributed by atoms with Crippen LogP contribution in [-0.4, -0.2) is 12.6 Å². The van der Waals surface area contributed by atoms with Gasteiger partial charge in [0.15, 0.2) is 0 Å². The van der Waals surface area contributed by atoms with E-state index in [-0.39, 0.29) is 5.92 Å². The summed E-state index contributed by atoms with van der Waals surface area (Å²) in [5, 5.41) is 0. The fourth-order valence-electron chi connectivity index (χ4n) is 2.13.